The highest BCUT2D eigenvalue weighted by Gasteiger charge is 2.23. The van der Waals surface area contributed by atoms with Gasteiger partial charge in [-0.2, -0.15) is 0 Å². The highest BCUT2D eigenvalue weighted by molar-refractivity contribution is 6.33. The zero-order valence-corrected chi connectivity index (χ0v) is 11.3. The van der Waals surface area contributed by atoms with E-state index in [1.807, 2.05) is 13.8 Å². The molecule has 0 saturated carbocycles. The van der Waals surface area contributed by atoms with Gasteiger partial charge in [0.15, 0.2) is 0 Å². The minimum atomic E-state index is -0.796. The first kappa shape index (κ1) is 14.1. The fourth-order valence-corrected chi connectivity index (χ4v) is 2.26. The minimum Gasteiger partial charge on any atom is -0.496 e. The topological polar surface area (TPSA) is 64.7 Å². The van der Waals surface area contributed by atoms with Gasteiger partial charge in [-0.1, -0.05) is 11.6 Å². The summed E-state index contributed by atoms with van der Waals surface area (Å²) in [4.78, 5) is 0. The molecule has 96 valence electrons. The third-order valence-electron chi connectivity index (χ3n) is 2.82. The van der Waals surface area contributed by atoms with Gasteiger partial charge in [-0.25, -0.2) is 0 Å². The summed E-state index contributed by atoms with van der Waals surface area (Å²) >= 11 is 6.18. The Balaban J connectivity index is 3.60. The van der Waals surface area contributed by atoms with Crippen molar-refractivity contribution in [2.24, 2.45) is 5.73 Å². The lowest BCUT2D eigenvalue weighted by atomic mass is 9.97. The molecule has 0 amide bonds. The average Bonchev–Trinajstić information content (AvgIpc) is 2.33. The molecule has 17 heavy (non-hydrogen) atoms. The Hall–Kier alpha value is -0.970. The van der Waals surface area contributed by atoms with Gasteiger partial charge in [-0.3, -0.25) is 0 Å². The van der Waals surface area contributed by atoms with Crippen LogP contribution >= 0.6 is 11.6 Å². The van der Waals surface area contributed by atoms with Crippen LogP contribution in [0.5, 0.6) is 11.5 Å². The number of rotatable bonds is 4. The number of aliphatic hydroxyl groups is 1. The number of ether oxygens (including phenoxy) is 2. The Morgan fingerprint density at radius 3 is 2.12 bits per heavy atom. The molecule has 0 heterocycles. The number of nitrogens with two attached hydrogens (primary N) is 1. The highest BCUT2D eigenvalue weighted by Crippen LogP contribution is 2.43. The van der Waals surface area contributed by atoms with Gasteiger partial charge >= 0.3 is 0 Å². The van der Waals surface area contributed by atoms with Crippen LogP contribution in [0.2, 0.25) is 5.02 Å². The van der Waals surface area contributed by atoms with Crippen LogP contribution in [0.15, 0.2) is 0 Å². The van der Waals surface area contributed by atoms with E-state index >= 15 is 0 Å². The van der Waals surface area contributed by atoms with Crippen LogP contribution in [0, 0.1) is 13.8 Å². The summed E-state index contributed by atoms with van der Waals surface area (Å²) < 4.78 is 10.6. The van der Waals surface area contributed by atoms with Crippen molar-refractivity contribution in [1.82, 2.24) is 0 Å². The fourth-order valence-electron chi connectivity index (χ4n) is 1.95. The van der Waals surface area contributed by atoms with Gasteiger partial charge in [-0.05, 0) is 13.8 Å². The van der Waals surface area contributed by atoms with Crippen LogP contribution in [0.4, 0.5) is 0 Å². The van der Waals surface area contributed by atoms with Gasteiger partial charge in [-0.15, -0.1) is 0 Å². The maximum absolute atomic E-state index is 9.95. The molecule has 1 aromatic carbocycles. The molecule has 1 rings (SSSR count). The van der Waals surface area contributed by atoms with Crippen molar-refractivity contribution in [3.8, 4) is 11.5 Å². The maximum atomic E-state index is 9.95. The van der Waals surface area contributed by atoms with Crippen LogP contribution in [0.3, 0.4) is 0 Å². The lowest BCUT2D eigenvalue weighted by molar-refractivity contribution is 0.180. The molecule has 3 N–H and O–H groups in total. The van der Waals surface area contributed by atoms with Crippen LogP contribution in [0.1, 0.15) is 22.8 Å². The fraction of sp³-hybridized carbons (Fsp3) is 0.500. The summed E-state index contributed by atoms with van der Waals surface area (Å²) in [6.45, 7) is 3.75. The van der Waals surface area contributed by atoms with Crippen LogP contribution in [0.25, 0.3) is 0 Å². The van der Waals surface area contributed by atoms with E-state index in [4.69, 9.17) is 26.8 Å². The second-order valence-corrected chi connectivity index (χ2v) is 4.17. The molecule has 1 aromatic rings. The number of hydrogen-bond donors (Lipinski definition) is 2. The maximum Gasteiger partial charge on any atom is 0.141 e. The summed E-state index contributed by atoms with van der Waals surface area (Å²) in [6, 6.07) is 0. The molecule has 5 heteroatoms. The molecule has 0 aliphatic heterocycles. The molecule has 0 spiro atoms. The molecule has 0 aromatic heterocycles. The molecule has 0 saturated heterocycles. The molecule has 0 radical (unpaired) electrons. The molecule has 1 unspecified atom stereocenters. The van der Waals surface area contributed by atoms with Crippen molar-refractivity contribution in [2.75, 3.05) is 20.8 Å². The summed E-state index contributed by atoms with van der Waals surface area (Å²) in [6.07, 6.45) is -0.796. The van der Waals surface area contributed by atoms with E-state index in [1.54, 1.807) is 7.11 Å². The average molecular weight is 260 g/mol. The summed E-state index contributed by atoms with van der Waals surface area (Å²) in [7, 11) is 3.08. The first-order valence-corrected chi connectivity index (χ1v) is 5.66. The summed E-state index contributed by atoms with van der Waals surface area (Å²) in [5.41, 5.74) is 7.61. The largest absolute Gasteiger partial charge is 0.496 e. The first-order chi connectivity index (χ1) is 7.99. The molecule has 0 fully saturated rings. The van der Waals surface area contributed by atoms with Crippen molar-refractivity contribution in [3.63, 3.8) is 0 Å². The predicted octanol–water partition coefficient (Wildman–Crippen LogP) is 1.97. The van der Waals surface area contributed by atoms with Crippen molar-refractivity contribution >= 4 is 11.6 Å². The number of methoxy groups -OCH3 is 2. The van der Waals surface area contributed by atoms with E-state index in [2.05, 4.69) is 0 Å². The van der Waals surface area contributed by atoms with Crippen LogP contribution in [-0.4, -0.2) is 25.9 Å². The van der Waals surface area contributed by atoms with Crippen LogP contribution in [-0.2, 0) is 0 Å². The van der Waals surface area contributed by atoms with E-state index in [-0.39, 0.29) is 6.54 Å². The quantitative estimate of drug-likeness (QED) is 0.868. The van der Waals surface area contributed by atoms with Gasteiger partial charge in [0.25, 0.3) is 0 Å². The van der Waals surface area contributed by atoms with Crippen LogP contribution < -0.4 is 15.2 Å². The van der Waals surface area contributed by atoms with E-state index in [0.29, 0.717) is 22.1 Å². The van der Waals surface area contributed by atoms with Crippen molar-refractivity contribution in [2.45, 2.75) is 20.0 Å². The Kier molecular flexibility index (Phi) is 4.62. The summed E-state index contributed by atoms with van der Waals surface area (Å²) in [5, 5.41) is 10.4. The minimum absolute atomic E-state index is 0.113. The number of hydrogen-bond acceptors (Lipinski definition) is 4. The van der Waals surface area contributed by atoms with Crippen molar-refractivity contribution in [3.05, 3.63) is 21.7 Å². The molecule has 0 bridgehead atoms. The zero-order chi connectivity index (χ0) is 13.2. The van der Waals surface area contributed by atoms with E-state index in [9.17, 15) is 5.11 Å². The lowest BCUT2D eigenvalue weighted by Gasteiger charge is -2.21. The molecule has 4 nitrogen and oxygen atoms in total. The third-order valence-corrected chi connectivity index (χ3v) is 3.28. The molecular formula is C12H18ClNO3. The van der Waals surface area contributed by atoms with Gasteiger partial charge < -0.3 is 20.3 Å². The van der Waals surface area contributed by atoms with E-state index in [0.717, 1.165) is 11.1 Å². The van der Waals surface area contributed by atoms with E-state index < -0.39 is 6.10 Å². The molecule has 0 aliphatic carbocycles. The highest BCUT2D eigenvalue weighted by atomic mass is 35.5. The molecule has 0 aliphatic rings. The predicted molar refractivity (Wildman–Crippen MR) is 68.0 cm³/mol. The second kappa shape index (κ2) is 5.58. The number of halogens is 1. The second-order valence-electron chi connectivity index (χ2n) is 3.80. The Labute approximate surface area is 106 Å². The summed E-state index contributed by atoms with van der Waals surface area (Å²) in [5.74, 6) is 1.11. The van der Waals surface area contributed by atoms with Gasteiger partial charge in [0.2, 0.25) is 0 Å². The Bertz CT molecular complexity index is 421. The Morgan fingerprint density at radius 1 is 1.18 bits per heavy atom. The third kappa shape index (κ3) is 2.34. The number of aliphatic hydroxyl groups excluding tert-OH is 1. The van der Waals surface area contributed by atoms with Crippen molar-refractivity contribution in [1.29, 1.82) is 0 Å². The lowest BCUT2D eigenvalue weighted by Crippen LogP contribution is -2.15. The first-order valence-electron chi connectivity index (χ1n) is 5.28. The van der Waals surface area contributed by atoms with E-state index in [1.165, 1.54) is 7.11 Å². The number of benzene rings is 1. The monoisotopic (exact) mass is 259 g/mol. The van der Waals surface area contributed by atoms with Gasteiger partial charge in [0, 0.05) is 23.2 Å². The SMILES string of the molecule is COc1c(C)c(C(O)CN)c(OC)c(C)c1Cl. The van der Waals surface area contributed by atoms with Gasteiger partial charge in [0.05, 0.1) is 25.3 Å². The smallest absolute Gasteiger partial charge is 0.141 e. The van der Waals surface area contributed by atoms with Gasteiger partial charge in [0.1, 0.15) is 11.5 Å². The Morgan fingerprint density at radius 2 is 1.71 bits per heavy atom. The van der Waals surface area contributed by atoms with Crippen molar-refractivity contribution < 1.29 is 14.6 Å². The molecule has 1 atom stereocenters. The standard InChI is InChI=1S/C12H18ClNO3/c1-6-9(8(15)5-14)11(16-3)7(2)10(13)12(6)17-4/h8,15H,5,14H2,1-4H3. The normalized spacial score (nSPS) is 12.4. The zero-order valence-electron chi connectivity index (χ0n) is 10.5. The molecular weight excluding hydrogens is 242 g/mol.